The van der Waals surface area contributed by atoms with E-state index in [0.717, 1.165) is 21.3 Å². The molecule has 0 unspecified atom stereocenters. The van der Waals surface area contributed by atoms with Gasteiger partial charge in [0.1, 0.15) is 0 Å². The van der Waals surface area contributed by atoms with E-state index in [1.54, 1.807) is 0 Å². The fraction of sp³-hybridized carbons (Fsp3) is 0.300. The number of hydrogen-bond acceptors (Lipinski definition) is 3. The Bertz CT molecular complexity index is 450. The third-order valence-electron chi connectivity index (χ3n) is 1.87. The van der Waals surface area contributed by atoms with Crippen molar-refractivity contribution >= 4 is 32.7 Å². The van der Waals surface area contributed by atoms with Gasteiger partial charge in [0.2, 0.25) is 0 Å². The average Bonchev–Trinajstić information content (AvgIpc) is 2.49. The van der Waals surface area contributed by atoms with E-state index in [-0.39, 0.29) is 0 Å². The molecule has 4 heteroatoms. The summed E-state index contributed by atoms with van der Waals surface area (Å²) in [5, 5.41) is 8.22. The van der Waals surface area contributed by atoms with Crippen molar-refractivity contribution in [1.29, 1.82) is 0 Å². The third kappa shape index (κ3) is 1.62. The molecule has 0 fully saturated rings. The Balaban J connectivity index is 2.55. The van der Waals surface area contributed by atoms with Gasteiger partial charge < -0.3 is 9.84 Å². The van der Waals surface area contributed by atoms with Crippen LogP contribution in [-0.4, -0.2) is 11.2 Å². The van der Waals surface area contributed by atoms with Crippen LogP contribution in [0.4, 0.5) is 5.82 Å². The number of benzene rings is 1. The van der Waals surface area contributed by atoms with Crippen LogP contribution in [0.15, 0.2) is 27.2 Å². The Morgan fingerprint density at radius 2 is 2.21 bits per heavy atom. The summed E-state index contributed by atoms with van der Waals surface area (Å²) in [6, 6.07) is 6.15. The van der Waals surface area contributed by atoms with Crippen LogP contribution in [0.25, 0.3) is 11.0 Å². The molecule has 0 amide bonds. The number of halogens is 1. The van der Waals surface area contributed by atoms with Gasteiger partial charge in [-0.1, -0.05) is 11.2 Å². The second-order valence-electron chi connectivity index (χ2n) is 3.44. The molecule has 0 saturated heterocycles. The van der Waals surface area contributed by atoms with Crippen molar-refractivity contribution < 1.29 is 4.52 Å². The number of fused-ring (bicyclic) bond motifs is 1. The Morgan fingerprint density at radius 3 is 2.93 bits per heavy atom. The molecule has 1 aromatic carbocycles. The van der Waals surface area contributed by atoms with Crippen LogP contribution in [0.3, 0.4) is 0 Å². The van der Waals surface area contributed by atoms with Crippen LogP contribution in [-0.2, 0) is 0 Å². The summed E-state index contributed by atoms with van der Waals surface area (Å²) >= 11 is 3.48. The summed E-state index contributed by atoms with van der Waals surface area (Å²) in [6.07, 6.45) is 0. The van der Waals surface area contributed by atoms with Gasteiger partial charge in [0.15, 0.2) is 11.4 Å². The van der Waals surface area contributed by atoms with Crippen LogP contribution in [0.2, 0.25) is 0 Å². The van der Waals surface area contributed by atoms with Gasteiger partial charge in [0.25, 0.3) is 0 Å². The first-order valence-electron chi connectivity index (χ1n) is 4.49. The average molecular weight is 255 g/mol. The fourth-order valence-electron chi connectivity index (χ4n) is 1.32. The number of nitrogens with zero attached hydrogens (tertiary/aromatic N) is 1. The normalized spacial score (nSPS) is 11.1. The van der Waals surface area contributed by atoms with E-state index in [1.807, 2.05) is 18.2 Å². The highest BCUT2D eigenvalue weighted by molar-refractivity contribution is 9.10. The minimum atomic E-state index is 0.343. The van der Waals surface area contributed by atoms with Crippen LogP contribution < -0.4 is 5.32 Å². The summed E-state index contributed by atoms with van der Waals surface area (Å²) < 4.78 is 6.19. The Hall–Kier alpha value is -1.03. The fourth-order valence-corrected chi connectivity index (χ4v) is 1.86. The molecule has 0 aliphatic heterocycles. The van der Waals surface area contributed by atoms with Gasteiger partial charge in [-0.2, -0.15) is 0 Å². The number of hydrogen-bond donors (Lipinski definition) is 1. The first-order chi connectivity index (χ1) is 6.68. The number of rotatable bonds is 2. The predicted molar refractivity (Wildman–Crippen MR) is 60.5 cm³/mol. The van der Waals surface area contributed by atoms with Crippen molar-refractivity contribution in [3.8, 4) is 0 Å². The molecule has 0 aliphatic rings. The second kappa shape index (κ2) is 3.61. The molecule has 3 nitrogen and oxygen atoms in total. The predicted octanol–water partition coefficient (Wildman–Crippen LogP) is 3.41. The highest BCUT2D eigenvalue weighted by Crippen LogP contribution is 2.30. The third-order valence-corrected chi connectivity index (χ3v) is 2.53. The lowest BCUT2D eigenvalue weighted by Crippen LogP contribution is -2.09. The molecule has 1 aromatic heterocycles. The molecule has 1 heterocycles. The zero-order chi connectivity index (χ0) is 10.1. The van der Waals surface area contributed by atoms with Gasteiger partial charge in [-0.15, -0.1) is 0 Å². The summed E-state index contributed by atoms with van der Waals surface area (Å²) in [4.78, 5) is 0. The van der Waals surface area contributed by atoms with Crippen LogP contribution in [0, 0.1) is 0 Å². The molecule has 0 aliphatic carbocycles. The van der Waals surface area contributed by atoms with Crippen molar-refractivity contribution in [3.05, 3.63) is 22.7 Å². The van der Waals surface area contributed by atoms with Crippen molar-refractivity contribution in [1.82, 2.24) is 5.16 Å². The van der Waals surface area contributed by atoms with E-state index in [2.05, 4.69) is 40.3 Å². The molecule has 14 heavy (non-hydrogen) atoms. The maximum Gasteiger partial charge on any atom is 0.178 e. The van der Waals surface area contributed by atoms with Crippen molar-refractivity contribution in [2.45, 2.75) is 19.9 Å². The van der Waals surface area contributed by atoms with Gasteiger partial charge in [-0.3, -0.25) is 0 Å². The van der Waals surface area contributed by atoms with Crippen LogP contribution in [0.5, 0.6) is 0 Å². The largest absolute Gasteiger partial charge is 0.365 e. The van der Waals surface area contributed by atoms with Gasteiger partial charge in [0, 0.05) is 10.5 Å². The highest BCUT2D eigenvalue weighted by Gasteiger charge is 2.11. The van der Waals surface area contributed by atoms with Crippen LogP contribution in [0.1, 0.15) is 13.8 Å². The quantitative estimate of drug-likeness (QED) is 0.893. The van der Waals surface area contributed by atoms with Gasteiger partial charge in [-0.05, 0) is 41.9 Å². The molecular formula is C10H11BrN2O. The molecule has 74 valence electrons. The Labute approximate surface area is 90.6 Å². The van der Waals surface area contributed by atoms with E-state index in [9.17, 15) is 0 Å². The van der Waals surface area contributed by atoms with Gasteiger partial charge in [0.05, 0.1) is 5.39 Å². The maximum absolute atomic E-state index is 5.19. The SMILES string of the molecule is CC(C)Nc1noc2cccc(Br)c12. The molecule has 0 radical (unpaired) electrons. The highest BCUT2D eigenvalue weighted by atomic mass is 79.9. The summed E-state index contributed by atoms with van der Waals surface area (Å²) in [7, 11) is 0. The molecule has 2 aromatic rings. The van der Waals surface area contributed by atoms with Crippen LogP contribution >= 0.6 is 15.9 Å². The lowest BCUT2D eigenvalue weighted by Gasteiger charge is -2.05. The topological polar surface area (TPSA) is 38.1 Å². The van der Waals surface area contributed by atoms with E-state index in [1.165, 1.54) is 0 Å². The molecule has 0 saturated carbocycles. The lowest BCUT2D eigenvalue weighted by atomic mass is 10.2. The van der Waals surface area contributed by atoms with E-state index >= 15 is 0 Å². The monoisotopic (exact) mass is 254 g/mol. The summed E-state index contributed by atoms with van der Waals surface area (Å²) in [5.74, 6) is 0.794. The summed E-state index contributed by atoms with van der Waals surface area (Å²) in [6.45, 7) is 4.13. The molecule has 2 rings (SSSR count). The minimum absolute atomic E-state index is 0.343. The molecule has 0 spiro atoms. The summed E-state index contributed by atoms with van der Waals surface area (Å²) in [5.41, 5.74) is 0.794. The Morgan fingerprint density at radius 1 is 1.43 bits per heavy atom. The standard InChI is InChI=1S/C10H11BrN2O/c1-6(2)12-10-9-7(11)4-3-5-8(9)14-13-10/h3-6H,1-2H3,(H,12,13). The zero-order valence-electron chi connectivity index (χ0n) is 8.04. The van der Waals surface area contributed by atoms with Crippen molar-refractivity contribution in [2.75, 3.05) is 5.32 Å². The van der Waals surface area contributed by atoms with Crippen molar-refractivity contribution in [2.24, 2.45) is 0 Å². The molecule has 0 atom stereocenters. The lowest BCUT2D eigenvalue weighted by molar-refractivity contribution is 0.458. The second-order valence-corrected chi connectivity index (χ2v) is 4.30. The van der Waals surface area contributed by atoms with Gasteiger partial charge >= 0.3 is 0 Å². The van der Waals surface area contributed by atoms with E-state index in [4.69, 9.17) is 4.52 Å². The maximum atomic E-state index is 5.19. The van der Waals surface area contributed by atoms with Gasteiger partial charge in [-0.25, -0.2) is 0 Å². The smallest absolute Gasteiger partial charge is 0.178 e. The first kappa shape index (κ1) is 9.52. The molecule has 1 N–H and O–H groups in total. The van der Waals surface area contributed by atoms with E-state index in [0.29, 0.717) is 6.04 Å². The number of anilines is 1. The number of aromatic nitrogens is 1. The first-order valence-corrected chi connectivity index (χ1v) is 5.28. The Kier molecular flexibility index (Phi) is 2.46. The van der Waals surface area contributed by atoms with Crippen molar-refractivity contribution in [3.63, 3.8) is 0 Å². The number of nitrogens with one attached hydrogen (secondary N) is 1. The molecular weight excluding hydrogens is 244 g/mol. The van der Waals surface area contributed by atoms with E-state index < -0.39 is 0 Å². The zero-order valence-corrected chi connectivity index (χ0v) is 9.63. The minimum Gasteiger partial charge on any atom is -0.365 e. The molecule has 0 bridgehead atoms.